The Bertz CT molecular complexity index is 436. The number of thiol groups is 1. The van der Waals surface area contributed by atoms with Gasteiger partial charge in [0.25, 0.3) is 0 Å². The van der Waals surface area contributed by atoms with Crippen molar-refractivity contribution in [2.45, 2.75) is 4.90 Å². The first kappa shape index (κ1) is 8.88. The van der Waals surface area contributed by atoms with Gasteiger partial charge in [0.1, 0.15) is 4.34 Å². The number of thiophene rings is 1. The molecule has 12 heavy (non-hydrogen) atoms. The van der Waals surface area contributed by atoms with Crippen LogP contribution in [-0.4, -0.2) is 0 Å². The first-order valence-electron chi connectivity index (χ1n) is 3.25. The highest BCUT2D eigenvalue weighted by Gasteiger charge is 2.08. The van der Waals surface area contributed by atoms with Gasteiger partial charge < -0.3 is 0 Å². The van der Waals surface area contributed by atoms with Crippen LogP contribution in [0.3, 0.4) is 0 Å². The summed E-state index contributed by atoms with van der Waals surface area (Å²) in [5.74, 6) is 0. The zero-order valence-corrected chi connectivity index (χ0v) is 9.90. The molecule has 0 unspecified atom stereocenters. The summed E-state index contributed by atoms with van der Waals surface area (Å²) >= 11 is 15.3. The Morgan fingerprint density at radius 3 is 2.83 bits per heavy atom. The van der Waals surface area contributed by atoms with E-state index < -0.39 is 0 Å². The van der Waals surface area contributed by atoms with Crippen LogP contribution in [0.5, 0.6) is 0 Å². The van der Waals surface area contributed by atoms with Crippen LogP contribution < -0.4 is 0 Å². The Hall–Kier alpha value is 0.300. The molecule has 0 spiro atoms. The maximum absolute atomic E-state index is 5.95. The van der Waals surface area contributed by atoms with E-state index in [1.807, 2.05) is 18.2 Å². The van der Waals surface area contributed by atoms with E-state index in [1.165, 1.54) is 4.70 Å². The summed E-state index contributed by atoms with van der Waals surface area (Å²) in [7, 11) is 0. The van der Waals surface area contributed by atoms with E-state index in [4.69, 9.17) is 11.6 Å². The fraction of sp³-hybridized carbons (Fsp3) is 0. The molecule has 62 valence electrons. The van der Waals surface area contributed by atoms with Gasteiger partial charge in [-0.3, -0.25) is 0 Å². The number of halogens is 2. The van der Waals surface area contributed by atoms with Gasteiger partial charge in [0.2, 0.25) is 0 Å². The third kappa shape index (κ3) is 1.29. The number of rotatable bonds is 0. The summed E-state index contributed by atoms with van der Waals surface area (Å²) in [5, 5.41) is 1.11. The molecule has 4 heteroatoms. The van der Waals surface area contributed by atoms with Crippen molar-refractivity contribution in [3.63, 3.8) is 0 Å². The molecule has 0 saturated heterocycles. The van der Waals surface area contributed by atoms with E-state index in [-0.39, 0.29) is 0 Å². The fourth-order valence-corrected chi connectivity index (χ4v) is 3.56. The van der Waals surface area contributed by atoms with E-state index in [0.717, 1.165) is 19.1 Å². The lowest BCUT2D eigenvalue weighted by Gasteiger charge is -1.93. The lowest BCUT2D eigenvalue weighted by Crippen LogP contribution is -1.66. The Balaban J connectivity index is 2.97. The topological polar surface area (TPSA) is 0 Å². The molecule has 0 aliphatic rings. The summed E-state index contributed by atoms with van der Waals surface area (Å²) in [6.07, 6.45) is 0. The third-order valence-corrected chi connectivity index (χ3v) is 4.35. The van der Waals surface area contributed by atoms with Crippen LogP contribution in [0.1, 0.15) is 0 Å². The molecular weight excluding hydrogens is 276 g/mol. The standard InChI is InChI=1S/C8H4BrClS2/c9-4-2-1-3-5-6(4)7(11)8(10)12-5/h1-3,11H. The minimum Gasteiger partial charge on any atom is -0.140 e. The van der Waals surface area contributed by atoms with Gasteiger partial charge in [-0.1, -0.05) is 33.6 Å². The minimum atomic E-state index is 0.750. The van der Waals surface area contributed by atoms with E-state index in [0.29, 0.717) is 0 Å². The van der Waals surface area contributed by atoms with Crippen LogP contribution in [0.25, 0.3) is 10.1 Å². The zero-order valence-electron chi connectivity index (χ0n) is 5.84. The minimum absolute atomic E-state index is 0.750. The second-order valence-electron chi connectivity index (χ2n) is 2.34. The number of hydrogen-bond donors (Lipinski definition) is 1. The van der Waals surface area contributed by atoms with E-state index in [2.05, 4.69) is 28.6 Å². The number of fused-ring (bicyclic) bond motifs is 1. The summed E-state index contributed by atoms with van der Waals surface area (Å²) in [4.78, 5) is 0.865. The molecule has 0 radical (unpaired) electrons. The predicted molar refractivity (Wildman–Crippen MR) is 61.8 cm³/mol. The van der Waals surface area contributed by atoms with Crippen LogP contribution in [0, 0.1) is 0 Å². The van der Waals surface area contributed by atoms with E-state index in [1.54, 1.807) is 11.3 Å². The molecule has 0 saturated carbocycles. The average molecular weight is 280 g/mol. The van der Waals surface area contributed by atoms with Crippen molar-refractivity contribution in [2.24, 2.45) is 0 Å². The predicted octanol–water partition coefficient (Wildman–Crippen LogP) is 4.61. The lowest BCUT2D eigenvalue weighted by atomic mass is 10.3. The van der Waals surface area contributed by atoms with Gasteiger partial charge in [-0.25, -0.2) is 0 Å². The second kappa shape index (κ2) is 3.22. The molecule has 0 N–H and O–H groups in total. The Morgan fingerprint density at radius 1 is 1.42 bits per heavy atom. The summed E-state index contributed by atoms with van der Waals surface area (Å²) in [5.41, 5.74) is 0. The quantitative estimate of drug-likeness (QED) is 0.669. The van der Waals surface area contributed by atoms with E-state index in [9.17, 15) is 0 Å². The van der Waals surface area contributed by atoms with Crippen molar-refractivity contribution < 1.29 is 0 Å². The average Bonchev–Trinajstić information content (AvgIpc) is 2.29. The van der Waals surface area contributed by atoms with Crippen LogP contribution in [0.2, 0.25) is 4.34 Å². The van der Waals surface area contributed by atoms with Gasteiger partial charge in [-0.15, -0.1) is 24.0 Å². The maximum atomic E-state index is 5.95. The van der Waals surface area contributed by atoms with Gasteiger partial charge in [0, 0.05) is 19.5 Å². The van der Waals surface area contributed by atoms with Crippen molar-refractivity contribution in [3.8, 4) is 0 Å². The molecule has 2 rings (SSSR count). The summed E-state index contributed by atoms with van der Waals surface area (Å²) in [6, 6.07) is 6.02. The summed E-state index contributed by atoms with van der Waals surface area (Å²) in [6.45, 7) is 0. The fourth-order valence-electron chi connectivity index (χ4n) is 1.06. The molecule has 1 heterocycles. The molecule has 2 aromatic rings. The molecule has 0 aliphatic carbocycles. The maximum Gasteiger partial charge on any atom is 0.107 e. The Labute approximate surface area is 93.1 Å². The highest BCUT2D eigenvalue weighted by atomic mass is 79.9. The van der Waals surface area contributed by atoms with Gasteiger partial charge in [0.15, 0.2) is 0 Å². The highest BCUT2D eigenvalue weighted by Crippen LogP contribution is 2.40. The largest absolute Gasteiger partial charge is 0.140 e. The van der Waals surface area contributed by atoms with Crippen molar-refractivity contribution in [3.05, 3.63) is 27.0 Å². The third-order valence-electron chi connectivity index (χ3n) is 1.60. The van der Waals surface area contributed by atoms with Gasteiger partial charge >= 0.3 is 0 Å². The van der Waals surface area contributed by atoms with Crippen LogP contribution in [0.4, 0.5) is 0 Å². The molecule has 0 amide bonds. The number of hydrogen-bond acceptors (Lipinski definition) is 2. The Morgan fingerprint density at radius 2 is 2.17 bits per heavy atom. The van der Waals surface area contributed by atoms with E-state index >= 15 is 0 Å². The molecule has 0 aliphatic heterocycles. The highest BCUT2D eigenvalue weighted by molar-refractivity contribution is 9.10. The zero-order chi connectivity index (χ0) is 8.72. The summed E-state index contributed by atoms with van der Waals surface area (Å²) < 4.78 is 2.97. The van der Waals surface area contributed by atoms with Crippen molar-refractivity contribution in [1.82, 2.24) is 0 Å². The van der Waals surface area contributed by atoms with Gasteiger partial charge in [-0.2, -0.15) is 0 Å². The molecular formula is C8H4BrClS2. The van der Waals surface area contributed by atoms with Crippen molar-refractivity contribution in [1.29, 1.82) is 0 Å². The van der Waals surface area contributed by atoms with Gasteiger partial charge in [-0.05, 0) is 12.1 Å². The van der Waals surface area contributed by atoms with Crippen molar-refractivity contribution in [2.75, 3.05) is 0 Å². The molecule has 0 atom stereocenters. The SMILES string of the molecule is Sc1c(Cl)sc2cccc(Br)c12. The van der Waals surface area contributed by atoms with Crippen molar-refractivity contribution >= 4 is 61.6 Å². The monoisotopic (exact) mass is 278 g/mol. The first-order chi connectivity index (χ1) is 5.70. The normalized spacial score (nSPS) is 10.9. The van der Waals surface area contributed by atoms with Crippen LogP contribution >= 0.6 is 51.5 Å². The van der Waals surface area contributed by atoms with Crippen LogP contribution in [0.15, 0.2) is 27.6 Å². The lowest BCUT2D eigenvalue weighted by molar-refractivity contribution is 1.64. The molecule has 1 aromatic carbocycles. The second-order valence-corrected chi connectivity index (χ2v) is 5.29. The Kier molecular flexibility index (Phi) is 2.38. The smallest absolute Gasteiger partial charge is 0.107 e. The molecule has 0 fully saturated rings. The first-order valence-corrected chi connectivity index (χ1v) is 5.69. The van der Waals surface area contributed by atoms with Gasteiger partial charge in [0.05, 0.1) is 0 Å². The van der Waals surface area contributed by atoms with Crippen LogP contribution in [-0.2, 0) is 0 Å². The molecule has 1 aromatic heterocycles. The number of benzene rings is 1. The molecule has 0 bridgehead atoms. The molecule has 0 nitrogen and oxygen atoms in total.